The molecule has 1 heterocycles. The Bertz CT molecular complexity index is 820. The van der Waals surface area contributed by atoms with Crippen LogP contribution in [0, 0.1) is 5.82 Å². The molecule has 1 saturated heterocycles. The Balaban J connectivity index is 1.70. The summed E-state index contributed by atoms with van der Waals surface area (Å²) < 4.78 is 34.7. The molecule has 0 amide bonds. The topological polar surface area (TPSA) is 97.6 Å². The monoisotopic (exact) mass is 444 g/mol. The fourth-order valence-electron chi connectivity index (χ4n) is 2.67. The molecule has 0 aromatic heterocycles. The highest BCUT2D eigenvalue weighted by atomic mass is 35.5. The second-order valence-electron chi connectivity index (χ2n) is 6.17. The number of benzene rings is 2. The number of hydrogen-bond acceptors (Lipinski definition) is 8. The van der Waals surface area contributed by atoms with Crippen LogP contribution < -0.4 is 9.47 Å². The molecule has 0 saturated carbocycles. The van der Waals surface area contributed by atoms with Crippen molar-refractivity contribution in [1.29, 1.82) is 0 Å². The number of rotatable bonds is 5. The van der Waals surface area contributed by atoms with Crippen LogP contribution in [0.1, 0.15) is 0 Å². The number of hydrogen-bond donors (Lipinski definition) is 3. The third-order valence-electron chi connectivity index (χ3n) is 4.13. The summed E-state index contributed by atoms with van der Waals surface area (Å²) in [5.41, 5.74) is 0. The standard InChI is InChI=1S/C19H18ClFO7S/c20-10-1-5-13(6-2-10)26-19(29)28-17-15(23)14(9-22)27-18(16(17)24)25-12-7-3-11(21)4-8-12/h1-8,14-18,22-24H,9H2/t14-,15-,16+,17+,18+/m1/s1. The lowest BCUT2D eigenvalue weighted by Crippen LogP contribution is -2.61. The average Bonchev–Trinajstić information content (AvgIpc) is 2.70. The zero-order chi connectivity index (χ0) is 21.0. The Hall–Kier alpha value is -2.01. The van der Waals surface area contributed by atoms with E-state index in [0.29, 0.717) is 10.8 Å². The highest BCUT2D eigenvalue weighted by Gasteiger charge is 2.47. The highest BCUT2D eigenvalue weighted by Crippen LogP contribution is 2.27. The van der Waals surface area contributed by atoms with Crippen molar-refractivity contribution in [2.75, 3.05) is 6.61 Å². The largest absolute Gasteiger partial charge is 0.462 e. The summed E-state index contributed by atoms with van der Waals surface area (Å²) >= 11 is 10.8. The van der Waals surface area contributed by atoms with Gasteiger partial charge in [0.15, 0.2) is 12.2 Å². The third-order valence-corrected chi connectivity index (χ3v) is 4.57. The van der Waals surface area contributed by atoms with Gasteiger partial charge in [0.25, 0.3) is 0 Å². The van der Waals surface area contributed by atoms with Crippen LogP contribution in [-0.4, -0.2) is 57.9 Å². The summed E-state index contributed by atoms with van der Waals surface area (Å²) in [5.74, 6) is 0.0903. The number of aliphatic hydroxyl groups excluding tert-OH is 3. The van der Waals surface area contributed by atoms with Crippen LogP contribution in [0.2, 0.25) is 5.02 Å². The first-order valence-electron chi connectivity index (χ1n) is 8.56. The van der Waals surface area contributed by atoms with E-state index in [4.69, 9.17) is 42.8 Å². The molecular formula is C19H18ClFO7S. The van der Waals surface area contributed by atoms with Gasteiger partial charge in [0.1, 0.15) is 29.5 Å². The number of ether oxygens (including phenoxy) is 4. The van der Waals surface area contributed by atoms with Gasteiger partial charge in [-0.05, 0) is 48.5 Å². The predicted octanol–water partition coefficient (Wildman–Crippen LogP) is 2.05. The van der Waals surface area contributed by atoms with Crippen LogP contribution in [0.15, 0.2) is 48.5 Å². The van der Waals surface area contributed by atoms with Crippen molar-refractivity contribution in [2.24, 2.45) is 0 Å². The lowest BCUT2D eigenvalue weighted by atomic mass is 9.99. The van der Waals surface area contributed by atoms with E-state index >= 15 is 0 Å². The van der Waals surface area contributed by atoms with Crippen molar-refractivity contribution in [3.63, 3.8) is 0 Å². The lowest BCUT2D eigenvalue weighted by molar-refractivity contribution is -0.275. The van der Waals surface area contributed by atoms with Crippen LogP contribution in [0.3, 0.4) is 0 Å². The van der Waals surface area contributed by atoms with Crippen molar-refractivity contribution in [1.82, 2.24) is 0 Å². The molecule has 2 aromatic rings. The first-order chi connectivity index (χ1) is 13.9. The van der Waals surface area contributed by atoms with Crippen molar-refractivity contribution in [3.05, 3.63) is 59.4 Å². The van der Waals surface area contributed by atoms with Crippen molar-refractivity contribution < 1.29 is 38.7 Å². The van der Waals surface area contributed by atoms with E-state index < -0.39 is 43.1 Å². The van der Waals surface area contributed by atoms with E-state index in [9.17, 15) is 19.7 Å². The Morgan fingerprint density at radius 3 is 2.28 bits per heavy atom. The van der Waals surface area contributed by atoms with Gasteiger partial charge in [-0.15, -0.1) is 0 Å². The SMILES string of the molecule is OC[C@H]1O[C@H](Oc2ccc(F)cc2)[C@@H](O)[C@@H](OC(=S)Oc2ccc(Cl)cc2)[C@@H]1O. The van der Waals surface area contributed by atoms with Gasteiger partial charge < -0.3 is 34.3 Å². The van der Waals surface area contributed by atoms with Crippen LogP contribution in [0.5, 0.6) is 11.5 Å². The molecule has 0 unspecified atom stereocenters. The third kappa shape index (κ3) is 5.53. The van der Waals surface area contributed by atoms with Gasteiger partial charge in [0, 0.05) is 17.2 Å². The molecule has 0 aliphatic carbocycles. The van der Waals surface area contributed by atoms with Crippen molar-refractivity contribution in [2.45, 2.75) is 30.7 Å². The zero-order valence-corrected chi connectivity index (χ0v) is 16.4. The van der Waals surface area contributed by atoms with E-state index in [1.165, 1.54) is 24.3 Å². The smallest absolute Gasteiger partial charge is 0.358 e. The minimum absolute atomic E-state index is 0.210. The van der Waals surface area contributed by atoms with Gasteiger partial charge in [-0.2, -0.15) is 0 Å². The molecule has 7 nitrogen and oxygen atoms in total. The molecule has 3 rings (SSSR count). The molecule has 10 heteroatoms. The lowest BCUT2D eigenvalue weighted by Gasteiger charge is -2.41. The Morgan fingerprint density at radius 1 is 1.03 bits per heavy atom. The van der Waals surface area contributed by atoms with Crippen LogP contribution in [-0.2, 0) is 9.47 Å². The van der Waals surface area contributed by atoms with Crippen molar-refractivity contribution >= 4 is 29.1 Å². The molecule has 5 atom stereocenters. The minimum atomic E-state index is -1.50. The van der Waals surface area contributed by atoms with E-state index in [0.717, 1.165) is 0 Å². The normalized spacial score (nSPS) is 26.6. The summed E-state index contributed by atoms with van der Waals surface area (Å²) in [5, 5.41) is 30.5. The molecule has 0 bridgehead atoms. The second-order valence-corrected chi connectivity index (χ2v) is 6.94. The van der Waals surface area contributed by atoms with E-state index in [-0.39, 0.29) is 11.0 Å². The summed E-state index contributed by atoms with van der Waals surface area (Å²) in [6.07, 6.45) is -6.66. The fourth-order valence-corrected chi connectivity index (χ4v) is 3.00. The molecule has 0 spiro atoms. The van der Waals surface area contributed by atoms with Gasteiger partial charge in [-0.1, -0.05) is 11.6 Å². The Kier molecular flexibility index (Phi) is 7.23. The summed E-state index contributed by atoms with van der Waals surface area (Å²) in [6, 6.07) is 11.3. The maximum atomic E-state index is 13.1. The van der Waals surface area contributed by atoms with E-state index in [2.05, 4.69) is 0 Å². The quantitative estimate of drug-likeness (QED) is 0.603. The molecule has 0 radical (unpaired) electrons. The summed E-state index contributed by atoms with van der Waals surface area (Å²) in [6.45, 7) is -0.568. The first-order valence-corrected chi connectivity index (χ1v) is 9.34. The molecule has 1 aliphatic heterocycles. The van der Waals surface area contributed by atoms with E-state index in [1.54, 1.807) is 24.3 Å². The number of halogens is 2. The first kappa shape index (κ1) is 21.7. The summed E-state index contributed by atoms with van der Waals surface area (Å²) in [4.78, 5) is 0. The second kappa shape index (κ2) is 9.66. The summed E-state index contributed by atoms with van der Waals surface area (Å²) in [7, 11) is 0. The Morgan fingerprint density at radius 2 is 1.66 bits per heavy atom. The van der Waals surface area contributed by atoms with Gasteiger partial charge in [-0.3, -0.25) is 0 Å². The molecular weight excluding hydrogens is 427 g/mol. The van der Waals surface area contributed by atoms with Gasteiger partial charge in [0.2, 0.25) is 6.29 Å². The fraction of sp³-hybridized carbons (Fsp3) is 0.316. The number of thiocarbonyl (C=S) groups is 1. The zero-order valence-electron chi connectivity index (χ0n) is 14.9. The maximum absolute atomic E-state index is 13.1. The molecule has 1 fully saturated rings. The Labute approximate surface area is 176 Å². The van der Waals surface area contributed by atoms with Gasteiger partial charge in [0.05, 0.1) is 6.61 Å². The molecule has 2 aromatic carbocycles. The van der Waals surface area contributed by atoms with Crippen LogP contribution in [0.25, 0.3) is 0 Å². The van der Waals surface area contributed by atoms with E-state index in [1.807, 2.05) is 0 Å². The van der Waals surface area contributed by atoms with Crippen LogP contribution >= 0.6 is 23.8 Å². The minimum Gasteiger partial charge on any atom is -0.462 e. The predicted molar refractivity (Wildman–Crippen MR) is 104 cm³/mol. The highest BCUT2D eigenvalue weighted by molar-refractivity contribution is 7.79. The number of aliphatic hydroxyl groups is 3. The van der Waals surface area contributed by atoms with Gasteiger partial charge >= 0.3 is 5.24 Å². The van der Waals surface area contributed by atoms with Gasteiger partial charge in [-0.25, -0.2) is 4.39 Å². The van der Waals surface area contributed by atoms with Crippen molar-refractivity contribution in [3.8, 4) is 11.5 Å². The van der Waals surface area contributed by atoms with Crippen LogP contribution in [0.4, 0.5) is 4.39 Å². The average molecular weight is 445 g/mol. The molecule has 156 valence electrons. The molecule has 1 aliphatic rings. The molecule has 3 N–H and O–H groups in total. The molecule has 29 heavy (non-hydrogen) atoms. The maximum Gasteiger partial charge on any atom is 0.358 e.